The first-order valence-electron chi connectivity index (χ1n) is 12.7. The van der Waals surface area contributed by atoms with Crippen molar-refractivity contribution in [2.75, 3.05) is 13.1 Å². The maximum Gasteiger partial charge on any atom is 0.274 e. The third-order valence-corrected chi connectivity index (χ3v) is 8.14. The van der Waals surface area contributed by atoms with Crippen molar-refractivity contribution in [2.45, 2.75) is 71.4 Å². The molecule has 1 N–H and O–H groups in total. The summed E-state index contributed by atoms with van der Waals surface area (Å²) in [6, 6.07) is 10.1. The monoisotopic (exact) mass is 491 g/mol. The average Bonchev–Trinajstić information content (AvgIpc) is 3.50. The third kappa shape index (κ3) is 5.03. The zero-order valence-corrected chi connectivity index (χ0v) is 21.5. The molecule has 7 nitrogen and oxygen atoms in total. The molecule has 2 fully saturated rings. The van der Waals surface area contributed by atoms with Crippen LogP contribution in [0.25, 0.3) is 10.4 Å². The minimum absolute atomic E-state index is 0.0157. The number of nitrogens with one attached hydrogen (secondary N) is 1. The summed E-state index contributed by atoms with van der Waals surface area (Å²) in [4.78, 5) is 34.6. The predicted molar refractivity (Wildman–Crippen MR) is 138 cm³/mol. The number of hydrogen-bond donors (Lipinski definition) is 1. The summed E-state index contributed by atoms with van der Waals surface area (Å²) < 4.78 is 1.72. The van der Waals surface area contributed by atoms with Crippen LogP contribution in [0, 0.1) is 13.8 Å². The Morgan fingerprint density at radius 1 is 1.14 bits per heavy atom. The maximum absolute atomic E-state index is 13.9. The van der Waals surface area contributed by atoms with Gasteiger partial charge in [0.15, 0.2) is 0 Å². The summed E-state index contributed by atoms with van der Waals surface area (Å²) in [5, 5.41) is 8.53. The quantitative estimate of drug-likeness (QED) is 0.507. The molecule has 1 aliphatic heterocycles. The van der Waals surface area contributed by atoms with E-state index in [1.165, 1.54) is 5.56 Å². The van der Waals surface area contributed by atoms with Crippen LogP contribution in [0.4, 0.5) is 0 Å². The number of aryl methyl sites for hydroxylation is 3. The van der Waals surface area contributed by atoms with Crippen LogP contribution in [0.3, 0.4) is 0 Å². The van der Waals surface area contributed by atoms with Gasteiger partial charge in [0.1, 0.15) is 11.4 Å². The van der Waals surface area contributed by atoms with Crippen molar-refractivity contribution in [3.05, 3.63) is 58.0 Å². The fourth-order valence-electron chi connectivity index (χ4n) is 4.86. The number of carbonyl (C=O) groups is 2. The van der Waals surface area contributed by atoms with Gasteiger partial charge >= 0.3 is 0 Å². The average molecular weight is 492 g/mol. The lowest BCUT2D eigenvalue weighted by Crippen LogP contribution is -2.49. The van der Waals surface area contributed by atoms with Crippen LogP contribution >= 0.6 is 11.3 Å². The van der Waals surface area contributed by atoms with Crippen LogP contribution in [-0.4, -0.2) is 50.6 Å². The highest BCUT2D eigenvalue weighted by atomic mass is 32.1. The number of thiazole rings is 1. The van der Waals surface area contributed by atoms with Crippen LogP contribution in [-0.2, 0) is 6.54 Å². The molecule has 5 rings (SSSR count). The Balaban J connectivity index is 1.37. The second-order valence-corrected chi connectivity index (χ2v) is 10.7. The first-order chi connectivity index (χ1) is 16.9. The minimum atomic E-state index is -0.143. The molecule has 0 bridgehead atoms. The fraction of sp³-hybridized carbons (Fsp3) is 0.481. The summed E-state index contributed by atoms with van der Waals surface area (Å²) in [5.41, 5.74) is 4.18. The molecule has 2 aromatic heterocycles. The van der Waals surface area contributed by atoms with Gasteiger partial charge in [0.2, 0.25) is 0 Å². The Morgan fingerprint density at radius 2 is 1.97 bits per heavy atom. The lowest BCUT2D eigenvalue weighted by Gasteiger charge is -2.35. The first kappa shape index (κ1) is 23.7. The third-order valence-electron chi connectivity index (χ3n) is 6.87. The number of carbonyl (C=O) groups excluding carboxylic acids is 2. The van der Waals surface area contributed by atoms with E-state index in [1.54, 1.807) is 16.0 Å². The highest BCUT2D eigenvalue weighted by Crippen LogP contribution is 2.45. The molecule has 1 saturated heterocycles. The number of amides is 2. The van der Waals surface area contributed by atoms with E-state index in [9.17, 15) is 9.59 Å². The van der Waals surface area contributed by atoms with Crippen molar-refractivity contribution < 1.29 is 9.59 Å². The first-order valence-corrected chi connectivity index (χ1v) is 13.5. The van der Waals surface area contributed by atoms with Gasteiger partial charge in [0, 0.05) is 31.6 Å². The van der Waals surface area contributed by atoms with Crippen molar-refractivity contribution in [3.8, 4) is 10.4 Å². The summed E-state index contributed by atoms with van der Waals surface area (Å²) in [7, 11) is 0. The van der Waals surface area contributed by atoms with Crippen LogP contribution in [0.1, 0.15) is 82.2 Å². The van der Waals surface area contributed by atoms with Crippen molar-refractivity contribution in [1.29, 1.82) is 0 Å². The second-order valence-electron chi connectivity index (χ2n) is 9.72. The SMILES string of the molecule is CCn1nc(C)cc1C(=O)NC[C@@H]1CCCCN1C(=O)c1nc(C2CC2)sc1-c1cccc(C)c1. The van der Waals surface area contributed by atoms with Crippen LogP contribution < -0.4 is 5.32 Å². The summed E-state index contributed by atoms with van der Waals surface area (Å²) >= 11 is 1.67. The molecule has 0 radical (unpaired) electrons. The maximum atomic E-state index is 13.9. The molecule has 1 aromatic carbocycles. The molecule has 1 atom stereocenters. The lowest BCUT2D eigenvalue weighted by molar-refractivity contribution is 0.0597. The molecule has 0 spiro atoms. The van der Waals surface area contributed by atoms with Gasteiger partial charge < -0.3 is 10.2 Å². The Labute approximate surface area is 210 Å². The Bertz CT molecular complexity index is 1240. The Kier molecular flexibility index (Phi) is 6.73. The number of nitrogens with zero attached hydrogens (tertiary/aromatic N) is 4. The molecule has 3 heterocycles. The van der Waals surface area contributed by atoms with Crippen molar-refractivity contribution in [1.82, 2.24) is 25.0 Å². The van der Waals surface area contributed by atoms with Gasteiger partial charge in [-0.25, -0.2) is 4.98 Å². The molecule has 3 aromatic rings. The summed E-state index contributed by atoms with van der Waals surface area (Å²) in [6.45, 7) is 7.69. The zero-order valence-electron chi connectivity index (χ0n) is 20.7. The second kappa shape index (κ2) is 9.93. The van der Waals surface area contributed by atoms with E-state index in [0.29, 0.717) is 36.9 Å². The lowest BCUT2D eigenvalue weighted by atomic mass is 10.0. The Hall–Kier alpha value is -3.00. The molecular weight excluding hydrogens is 458 g/mol. The van der Waals surface area contributed by atoms with E-state index in [0.717, 1.165) is 53.2 Å². The zero-order chi connectivity index (χ0) is 24.5. The Morgan fingerprint density at radius 3 is 2.71 bits per heavy atom. The van der Waals surface area contributed by atoms with Gasteiger partial charge in [-0.1, -0.05) is 29.8 Å². The molecule has 8 heteroatoms. The normalized spacial score (nSPS) is 18.0. The molecule has 2 amide bonds. The van der Waals surface area contributed by atoms with Crippen LogP contribution in [0.15, 0.2) is 30.3 Å². The molecule has 0 unspecified atom stereocenters. The van der Waals surface area contributed by atoms with Crippen molar-refractivity contribution in [2.24, 2.45) is 0 Å². The number of piperidine rings is 1. The molecule has 1 saturated carbocycles. The van der Waals surface area contributed by atoms with E-state index in [2.05, 4.69) is 35.5 Å². The van der Waals surface area contributed by atoms with E-state index in [-0.39, 0.29) is 17.9 Å². The van der Waals surface area contributed by atoms with Crippen molar-refractivity contribution in [3.63, 3.8) is 0 Å². The standard InChI is InChI=1S/C27H33N5O2S/c1-4-32-22(15-18(3)30-32)25(33)28-16-21-10-5-6-13-31(21)27(34)23-24(20-9-7-8-17(2)14-20)35-26(29-23)19-11-12-19/h7-9,14-15,19,21H,4-6,10-13,16H2,1-3H3,(H,28,33)/t21-/m0/s1. The van der Waals surface area contributed by atoms with E-state index in [4.69, 9.17) is 4.98 Å². The number of benzene rings is 1. The van der Waals surface area contributed by atoms with E-state index < -0.39 is 0 Å². The summed E-state index contributed by atoms with van der Waals surface area (Å²) in [5.74, 6) is 0.335. The largest absolute Gasteiger partial charge is 0.349 e. The van der Waals surface area contributed by atoms with E-state index >= 15 is 0 Å². The van der Waals surface area contributed by atoms with Gasteiger partial charge in [-0.3, -0.25) is 14.3 Å². The molecule has 2 aliphatic rings. The van der Waals surface area contributed by atoms with Crippen LogP contribution in [0.5, 0.6) is 0 Å². The number of likely N-dealkylation sites (tertiary alicyclic amines) is 1. The number of hydrogen-bond acceptors (Lipinski definition) is 5. The van der Waals surface area contributed by atoms with Gasteiger partial charge in [-0.2, -0.15) is 5.10 Å². The number of aromatic nitrogens is 3. The van der Waals surface area contributed by atoms with Gasteiger partial charge in [-0.15, -0.1) is 11.3 Å². The molecule has 184 valence electrons. The molecular formula is C27H33N5O2S. The van der Waals surface area contributed by atoms with Gasteiger partial charge in [0.05, 0.1) is 15.6 Å². The molecule has 1 aliphatic carbocycles. The fourth-order valence-corrected chi connectivity index (χ4v) is 6.08. The highest BCUT2D eigenvalue weighted by molar-refractivity contribution is 7.15. The topological polar surface area (TPSA) is 80.1 Å². The van der Waals surface area contributed by atoms with Crippen molar-refractivity contribution >= 4 is 23.2 Å². The van der Waals surface area contributed by atoms with Gasteiger partial charge in [-0.05, 0) is 64.5 Å². The van der Waals surface area contributed by atoms with E-state index in [1.807, 2.05) is 30.9 Å². The van der Waals surface area contributed by atoms with Gasteiger partial charge in [0.25, 0.3) is 11.8 Å². The number of rotatable bonds is 7. The molecule has 35 heavy (non-hydrogen) atoms. The summed E-state index contributed by atoms with van der Waals surface area (Å²) in [6.07, 6.45) is 5.20. The highest BCUT2D eigenvalue weighted by Gasteiger charge is 2.34. The minimum Gasteiger partial charge on any atom is -0.349 e. The predicted octanol–water partition coefficient (Wildman–Crippen LogP) is 4.95. The smallest absolute Gasteiger partial charge is 0.274 e. The van der Waals surface area contributed by atoms with Crippen LogP contribution in [0.2, 0.25) is 0 Å².